The lowest BCUT2D eigenvalue weighted by atomic mass is 10.2. The van der Waals surface area contributed by atoms with E-state index in [2.05, 4.69) is 31.7 Å². The number of benzene rings is 1. The lowest BCUT2D eigenvalue weighted by Crippen LogP contribution is -2.05. The number of hydrogen-bond acceptors (Lipinski definition) is 2. The number of aromatic nitrogens is 2. The lowest BCUT2D eigenvalue weighted by molar-refractivity contribution is 0.589. The molecule has 0 fully saturated rings. The number of halogens is 3. The third-order valence-corrected chi connectivity index (χ3v) is 4.91. The van der Waals surface area contributed by atoms with Gasteiger partial charge in [-0.3, -0.25) is 0 Å². The lowest BCUT2D eigenvalue weighted by Gasteiger charge is -2.10. The summed E-state index contributed by atoms with van der Waals surface area (Å²) < 4.78 is 16.3. The summed E-state index contributed by atoms with van der Waals surface area (Å²) in [5.41, 5.74) is 1.61. The van der Waals surface area contributed by atoms with Crippen LogP contribution in [0.5, 0.6) is 0 Å². The monoisotopic (exact) mass is 392 g/mol. The Morgan fingerprint density at radius 1 is 1.38 bits per heavy atom. The topological polar surface area (TPSA) is 17.8 Å². The van der Waals surface area contributed by atoms with E-state index in [9.17, 15) is 4.39 Å². The molecule has 1 aromatic heterocycles. The van der Waals surface area contributed by atoms with E-state index in [0.717, 1.165) is 36.2 Å². The van der Waals surface area contributed by atoms with Crippen LogP contribution in [-0.4, -0.2) is 21.6 Å². The first-order chi connectivity index (χ1) is 10.0. The third-order valence-electron chi connectivity index (χ3n) is 3.41. The Balaban J connectivity index is 2.26. The van der Waals surface area contributed by atoms with Gasteiger partial charge >= 0.3 is 0 Å². The molecular weight excluding hydrogens is 375 g/mol. The zero-order valence-electron chi connectivity index (χ0n) is 12.2. The first kappa shape index (κ1) is 17.1. The summed E-state index contributed by atoms with van der Waals surface area (Å²) in [6.45, 7) is 2.73. The number of hydrogen-bond donors (Lipinski definition) is 0. The Bertz CT molecular complexity index is 615. The van der Waals surface area contributed by atoms with Crippen LogP contribution in [0.2, 0.25) is 0 Å². The maximum absolute atomic E-state index is 13.8. The molecule has 1 unspecified atom stereocenters. The Morgan fingerprint density at radius 2 is 2.14 bits per heavy atom. The fraction of sp³-hybridized carbons (Fsp3) is 0.533. The summed E-state index contributed by atoms with van der Waals surface area (Å²) in [5, 5.41) is -0.189. The largest absolute Gasteiger partial charge is 0.327 e. The van der Waals surface area contributed by atoms with Crippen molar-refractivity contribution >= 4 is 50.3 Å². The van der Waals surface area contributed by atoms with Gasteiger partial charge in [0.05, 0.1) is 20.9 Å². The van der Waals surface area contributed by atoms with E-state index in [0.29, 0.717) is 4.47 Å². The molecular formula is C15H19BrClFN2S. The number of fused-ring (bicyclic) bond motifs is 1. The third kappa shape index (κ3) is 4.14. The van der Waals surface area contributed by atoms with Crippen LogP contribution in [-0.2, 0) is 6.54 Å². The summed E-state index contributed by atoms with van der Waals surface area (Å²) in [6, 6.07) is 3.26. The highest BCUT2D eigenvalue weighted by Gasteiger charge is 2.16. The minimum atomic E-state index is -0.264. The second kappa shape index (κ2) is 7.84. The molecule has 0 N–H and O–H groups in total. The van der Waals surface area contributed by atoms with Crippen LogP contribution in [0, 0.1) is 5.82 Å². The normalized spacial score (nSPS) is 13.0. The summed E-state index contributed by atoms with van der Waals surface area (Å²) in [4.78, 5) is 4.56. The Hall–Kier alpha value is -0.260. The molecule has 0 saturated carbocycles. The van der Waals surface area contributed by atoms with E-state index in [1.54, 1.807) is 6.07 Å². The van der Waals surface area contributed by atoms with Crippen molar-refractivity contribution < 1.29 is 4.39 Å². The van der Waals surface area contributed by atoms with Gasteiger partial charge in [-0.1, -0.05) is 6.42 Å². The molecule has 6 heteroatoms. The zero-order chi connectivity index (χ0) is 15.4. The van der Waals surface area contributed by atoms with Crippen LogP contribution < -0.4 is 0 Å². The number of imidazole rings is 1. The molecule has 1 heterocycles. The predicted octanol–water partition coefficient (Wildman–Crippen LogP) is 5.77. The van der Waals surface area contributed by atoms with Crippen LogP contribution in [0.25, 0.3) is 11.0 Å². The fourth-order valence-corrected chi connectivity index (χ4v) is 3.36. The van der Waals surface area contributed by atoms with Crippen LogP contribution in [0.4, 0.5) is 4.39 Å². The van der Waals surface area contributed by atoms with E-state index in [-0.39, 0.29) is 11.2 Å². The zero-order valence-corrected chi connectivity index (χ0v) is 15.4. The Morgan fingerprint density at radius 3 is 2.81 bits per heavy atom. The van der Waals surface area contributed by atoms with Crippen molar-refractivity contribution in [3.63, 3.8) is 0 Å². The smallest absolute Gasteiger partial charge is 0.139 e. The van der Waals surface area contributed by atoms with Crippen molar-refractivity contribution in [2.24, 2.45) is 0 Å². The quantitative estimate of drug-likeness (QED) is 0.439. The molecule has 0 amide bonds. The molecule has 2 aromatic rings. The first-order valence-corrected chi connectivity index (χ1v) is 9.65. The van der Waals surface area contributed by atoms with Crippen molar-refractivity contribution in [2.75, 3.05) is 12.0 Å². The van der Waals surface area contributed by atoms with Crippen LogP contribution in [0.1, 0.15) is 37.4 Å². The van der Waals surface area contributed by atoms with Crippen molar-refractivity contribution in [3.05, 3.63) is 28.2 Å². The molecule has 21 heavy (non-hydrogen) atoms. The maximum atomic E-state index is 13.8. The highest BCUT2D eigenvalue weighted by Crippen LogP contribution is 2.28. The van der Waals surface area contributed by atoms with Crippen LogP contribution in [0.3, 0.4) is 0 Å². The molecule has 0 saturated heterocycles. The van der Waals surface area contributed by atoms with E-state index in [4.69, 9.17) is 11.6 Å². The van der Waals surface area contributed by atoms with Gasteiger partial charge in [-0.25, -0.2) is 9.37 Å². The molecule has 116 valence electrons. The van der Waals surface area contributed by atoms with Crippen molar-refractivity contribution in [3.8, 4) is 0 Å². The molecule has 0 radical (unpaired) electrons. The highest BCUT2D eigenvalue weighted by atomic mass is 79.9. The number of unbranched alkanes of at least 4 members (excludes halogenated alkanes) is 2. The highest BCUT2D eigenvalue weighted by molar-refractivity contribution is 9.10. The number of aryl methyl sites for hydroxylation is 1. The Kier molecular flexibility index (Phi) is 6.38. The molecule has 0 aliphatic carbocycles. The van der Waals surface area contributed by atoms with Crippen molar-refractivity contribution in [1.82, 2.24) is 9.55 Å². The summed E-state index contributed by atoms with van der Waals surface area (Å²) in [7, 11) is 0. The molecule has 1 aromatic carbocycles. The Labute approximate surface area is 142 Å². The van der Waals surface area contributed by atoms with Gasteiger partial charge in [-0.05, 0) is 53.8 Å². The minimum Gasteiger partial charge on any atom is -0.327 e. The van der Waals surface area contributed by atoms with Gasteiger partial charge in [0, 0.05) is 12.6 Å². The van der Waals surface area contributed by atoms with Gasteiger partial charge in [0.25, 0.3) is 0 Å². The number of nitrogens with zero attached hydrogens (tertiary/aromatic N) is 2. The van der Waals surface area contributed by atoms with Gasteiger partial charge in [0.2, 0.25) is 0 Å². The van der Waals surface area contributed by atoms with E-state index < -0.39 is 0 Å². The predicted molar refractivity (Wildman–Crippen MR) is 93.9 cm³/mol. The second-order valence-electron chi connectivity index (χ2n) is 5.05. The van der Waals surface area contributed by atoms with Crippen LogP contribution in [0.15, 0.2) is 16.6 Å². The van der Waals surface area contributed by atoms with E-state index in [1.165, 1.54) is 18.2 Å². The summed E-state index contributed by atoms with van der Waals surface area (Å²) in [6.07, 6.45) is 5.55. The van der Waals surface area contributed by atoms with E-state index in [1.807, 2.05) is 18.7 Å². The average Bonchev–Trinajstić information content (AvgIpc) is 2.77. The number of thioether (sulfide) groups is 1. The van der Waals surface area contributed by atoms with Gasteiger partial charge < -0.3 is 4.57 Å². The molecule has 2 nitrogen and oxygen atoms in total. The first-order valence-electron chi connectivity index (χ1n) is 7.02. The fourth-order valence-electron chi connectivity index (χ4n) is 2.37. The summed E-state index contributed by atoms with van der Waals surface area (Å²) in [5.74, 6) is 1.74. The average molecular weight is 394 g/mol. The van der Waals surface area contributed by atoms with Crippen molar-refractivity contribution in [2.45, 2.75) is 38.1 Å². The number of rotatable bonds is 7. The number of alkyl halides is 1. The molecule has 0 spiro atoms. The second-order valence-corrected chi connectivity index (χ2v) is 7.54. The molecule has 0 bridgehead atoms. The SMILES string of the molecule is CSCCCCCn1c(C(C)Cl)nc2cc(Br)c(F)cc21. The van der Waals surface area contributed by atoms with E-state index >= 15 is 0 Å². The summed E-state index contributed by atoms with van der Waals surface area (Å²) >= 11 is 11.3. The van der Waals surface area contributed by atoms with Gasteiger partial charge in [-0.2, -0.15) is 11.8 Å². The molecule has 1 atom stereocenters. The maximum Gasteiger partial charge on any atom is 0.139 e. The standard InChI is InChI=1S/C15H19BrClFN2S/c1-10(17)15-19-13-8-11(16)12(18)9-14(13)20(15)6-4-3-5-7-21-2/h8-10H,3-7H2,1-2H3. The van der Waals surface area contributed by atoms with Crippen molar-refractivity contribution in [1.29, 1.82) is 0 Å². The molecule has 2 rings (SSSR count). The van der Waals surface area contributed by atoms with Gasteiger partial charge in [-0.15, -0.1) is 11.6 Å². The van der Waals surface area contributed by atoms with Crippen LogP contribution >= 0.6 is 39.3 Å². The van der Waals surface area contributed by atoms with Gasteiger partial charge in [0.15, 0.2) is 0 Å². The molecule has 0 aliphatic rings. The van der Waals surface area contributed by atoms with Gasteiger partial charge in [0.1, 0.15) is 11.6 Å². The minimum absolute atomic E-state index is 0.189. The molecule has 0 aliphatic heterocycles.